The van der Waals surface area contributed by atoms with E-state index in [0.29, 0.717) is 5.69 Å². The van der Waals surface area contributed by atoms with E-state index in [1.54, 1.807) is 19.2 Å². The maximum atomic E-state index is 11.8. The maximum Gasteiger partial charge on any atom is 0.240 e. The Morgan fingerprint density at radius 3 is 2.71 bits per heavy atom. The fourth-order valence-corrected chi connectivity index (χ4v) is 2.29. The van der Waals surface area contributed by atoms with Crippen LogP contribution in [0.4, 0.5) is 5.69 Å². The second-order valence-electron chi connectivity index (χ2n) is 3.39. The topological polar surface area (TPSA) is 101 Å². The van der Waals surface area contributed by atoms with Crippen LogP contribution in [0.25, 0.3) is 0 Å². The van der Waals surface area contributed by atoms with Crippen LogP contribution in [0, 0.1) is 0 Å². The van der Waals surface area contributed by atoms with Gasteiger partial charge in [0.05, 0.1) is 4.90 Å². The lowest BCUT2D eigenvalue weighted by molar-refractivity contribution is -0.117. The summed E-state index contributed by atoms with van der Waals surface area (Å²) in [5.74, 6) is -0.545. The first kappa shape index (κ1) is 13.5. The van der Waals surface area contributed by atoms with Crippen LogP contribution < -0.4 is 15.8 Å². The highest BCUT2D eigenvalue weighted by Crippen LogP contribution is 2.14. The molecule has 0 spiro atoms. The van der Waals surface area contributed by atoms with Crippen LogP contribution in [0.3, 0.4) is 0 Å². The van der Waals surface area contributed by atoms with E-state index in [0.717, 1.165) is 0 Å². The van der Waals surface area contributed by atoms with Gasteiger partial charge >= 0.3 is 0 Å². The van der Waals surface area contributed by atoms with Crippen LogP contribution in [-0.2, 0) is 14.8 Å². The molecule has 6 nitrogen and oxygen atoms in total. The van der Waals surface area contributed by atoms with Crippen molar-refractivity contribution in [2.45, 2.75) is 11.3 Å². The van der Waals surface area contributed by atoms with Crippen molar-refractivity contribution >= 4 is 21.6 Å². The van der Waals surface area contributed by atoms with Crippen LogP contribution in [0.2, 0.25) is 0 Å². The lowest BCUT2D eigenvalue weighted by atomic mass is 10.3. The summed E-state index contributed by atoms with van der Waals surface area (Å²) in [6, 6.07) is 6.37. The van der Waals surface area contributed by atoms with Crippen LogP contribution in [-0.4, -0.2) is 27.9 Å². The fourth-order valence-electron chi connectivity index (χ4n) is 1.21. The van der Waals surface area contributed by atoms with E-state index in [2.05, 4.69) is 10.0 Å². The first-order valence-electron chi connectivity index (χ1n) is 5.01. The monoisotopic (exact) mass is 257 g/mol. The smallest absolute Gasteiger partial charge is 0.240 e. The molecule has 0 bridgehead atoms. The first-order chi connectivity index (χ1) is 7.95. The number of amides is 1. The van der Waals surface area contributed by atoms with E-state index in [1.165, 1.54) is 12.1 Å². The van der Waals surface area contributed by atoms with E-state index in [1.807, 2.05) is 0 Å². The van der Waals surface area contributed by atoms with Crippen molar-refractivity contribution in [2.24, 2.45) is 5.73 Å². The number of benzene rings is 1. The zero-order valence-corrected chi connectivity index (χ0v) is 10.3. The van der Waals surface area contributed by atoms with Gasteiger partial charge < -0.3 is 11.1 Å². The average molecular weight is 257 g/mol. The minimum absolute atomic E-state index is 0.00144. The number of carbonyl (C=O) groups excluding carboxylic acids is 1. The fraction of sp³-hybridized carbons (Fsp3) is 0.300. The predicted molar refractivity (Wildman–Crippen MR) is 65.0 cm³/mol. The van der Waals surface area contributed by atoms with Crippen LogP contribution >= 0.6 is 0 Å². The van der Waals surface area contributed by atoms with Crippen molar-refractivity contribution in [1.29, 1.82) is 0 Å². The van der Waals surface area contributed by atoms with Gasteiger partial charge in [0.1, 0.15) is 0 Å². The van der Waals surface area contributed by atoms with Crippen LogP contribution in [0.15, 0.2) is 29.2 Å². The number of rotatable bonds is 6. The number of sulfonamides is 1. The number of hydrogen-bond acceptors (Lipinski definition) is 4. The third kappa shape index (κ3) is 4.04. The Balaban J connectivity index is 2.78. The highest BCUT2D eigenvalue weighted by Gasteiger charge is 2.13. The molecule has 1 aromatic rings. The number of nitrogens with two attached hydrogens (primary N) is 1. The molecule has 0 aliphatic rings. The summed E-state index contributed by atoms with van der Waals surface area (Å²) >= 11 is 0. The summed E-state index contributed by atoms with van der Waals surface area (Å²) in [6.45, 7) is 0.00144. The summed E-state index contributed by atoms with van der Waals surface area (Å²) in [4.78, 5) is 10.6. The van der Waals surface area contributed by atoms with Crippen LogP contribution in [0.1, 0.15) is 6.42 Å². The lowest BCUT2D eigenvalue weighted by Crippen LogP contribution is -2.28. The van der Waals surface area contributed by atoms with Gasteiger partial charge in [-0.3, -0.25) is 4.79 Å². The van der Waals surface area contributed by atoms with Crippen LogP contribution in [0.5, 0.6) is 0 Å². The van der Waals surface area contributed by atoms with E-state index in [9.17, 15) is 13.2 Å². The second kappa shape index (κ2) is 5.65. The molecule has 0 heterocycles. The zero-order valence-electron chi connectivity index (χ0n) is 9.43. The van der Waals surface area contributed by atoms with Crippen molar-refractivity contribution in [3.05, 3.63) is 24.3 Å². The van der Waals surface area contributed by atoms with Gasteiger partial charge in [0.15, 0.2) is 0 Å². The Kier molecular flexibility index (Phi) is 4.47. The third-order valence-electron chi connectivity index (χ3n) is 2.10. The summed E-state index contributed by atoms with van der Waals surface area (Å²) < 4.78 is 25.9. The van der Waals surface area contributed by atoms with Gasteiger partial charge in [0.25, 0.3) is 0 Å². The second-order valence-corrected chi connectivity index (χ2v) is 5.16. The summed E-state index contributed by atoms with van der Waals surface area (Å²) in [5.41, 5.74) is 5.62. The van der Waals surface area contributed by atoms with E-state index >= 15 is 0 Å². The standard InChI is InChI=1S/C10H15N3O3S/c1-12-8-3-2-4-9(7-8)17(15,16)13-6-5-10(11)14/h2-4,7,12-13H,5-6H2,1H3,(H2,11,14). The van der Waals surface area contributed by atoms with Gasteiger partial charge in [-0.15, -0.1) is 0 Å². The van der Waals surface area contributed by atoms with Gasteiger partial charge in [-0.2, -0.15) is 0 Å². The minimum Gasteiger partial charge on any atom is -0.388 e. The average Bonchev–Trinajstić information content (AvgIpc) is 2.28. The number of primary amides is 1. The Bertz CT molecular complexity index is 499. The van der Waals surface area contributed by atoms with Crippen molar-refractivity contribution in [2.75, 3.05) is 18.9 Å². The van der Waals surface area contributed by atoms with Gasteiger partial charge in [0, 0.05) is 25.7 Å². The molecule has 0 saturated carbocycles. The zero-order chi connectivity index (χ0) is 12.9. The molecule has 0 fully saturated rings. The lowest BCUT2D eigenvalue weighted by Gasteiger charge is -2.07. The first-order valence-corrected chi connectivity index (χ1v) is 6.50. The molecule has 1 rings (SSSR count). The highest BCUT2D eigenvalue weighted by atomic mass is 32.2. The molecular formula is C10H15N3O3S. The highest BCUT2D eigenvalue weighted by molar-refractivity contribution is 7.89. The minimum atomic E-state index is -3.59. The molecule has 0 saturated heterocycles. The van der Waals surface area contributed by atoms with Crippen molar-refractivity contribution in [3.8, 4) is 0 Å². The molecule has 94 valence electrons. The molecule has 0 aliphatic heterocycles. The summed E-state index contributed by atoms with van der Waals surface area (Å²) in [5, 5.41) is 2.85. The molecule has 7 heteroatoms. The molecule has 0 unspecified atom stereocenters. The van der Waals surface area contributed by atoms with E-state index in [-0.39, 0.29) is 17.9 Å². The Labute approximate surface area is 100 Å². The molecule has 1 aromatic carbocycles. The van der Waals surface area contributed by atoms with Gasteiger partial charge in [-0.05, 0) is 18.2 Å². The number of anilines is 1. The van der Waals surface area contributed by atoms with Crippen molar-refractivity contribution < 1.29 is 13.2 Å². The largest absolute Gasteiger partial charge is 0.388 e. The quantitative estimate of drug-likeness (QED) is 0.661. The molecule has 0 aromatic heterocycles. The van der Waals surface area contributed by atoms with Gasteiger partial charge in [0.2, 0.25) is 15.9 Å². The molecule has 1 amide bonds. The Morgan fingerprint density at radius 2 is 2.12 bits per heavy atom. The maximum absolute atomic E-state index is 11.8. The Morgan fingerprint density at radius 1 is 1.41 bits per heavy atom. The number of nitrogens with one attached hydrogen (secondary N) is 2. The van der Waals surface area contributed by atoms with Gasteiger partial charge in [-0.25, -0.2) is 13.1 Å². The normalized spacial score (nSPS) is 11.1. The van der Waals surface area contributed by atoms with E-state index < -0.39 is 15.9 Å². The van der Waals surface area contributed by atoms with Crippen molar-refractivity contribution in [1.82, 2.24) is 4.72 Å². The SMILES string of the molecule is CNc1cccc(S(=O)(=O)NCCC(N)=O)c1. The molecular weight excluding hydrogens is 242 g/mol. The molecule has 4 N–H and O–H groups in total. The molecule has 0 atom stereocenters. The number of carbonyl (C=O) groups is 1. The third-order valence-corrected chi connectivity index (χ3v) is 3.56. The van der Waals surface area contributed by atoms with Crippen molar-refractivity contribution in [3.63, 3.8) is 0 Å². The summed E-state index contributed by atoms with van der Waals surface area (Å²) in [7, 11) is -1.89. The molecule has 0 aliphatic carbocycles. The number of hydrogen-bond donors (Lipinski definition) is 3. The Hall–Kier alpha value is -1.60. The van der Waals surface area contributed by atoms with E-state index in [4.69, 9.17) is 5.73 Å². The molecule has 0 radical (unpaired) electrons. The summed E-state index contributed by atoms with van der Waals surface area (Å²) in [6.07, 6.45) is -0.0229. The van der Waals surface area contributed by atoms with Gasteiger partial charge in [-0.1, -0.05) is 6.07 Å². The predicted octanol–water partition coefficient (Wildman–Crippen LogP) is -0.118. The molecule has 17 heavy (non-hydrogen) atoms.